The summed E-state index contributed by atoms with van der Waals surface area (Å²) >= 11 is 0. The van der Waals surface area contributed by atoms with E-state index in [1.807, 2.05) is 31.2 Å². The minimum atomic E-state index is -0.721. The first-order chi connectivity index (χ1) is 9.16. The molecule has 1 aromatic heterocycles. The molecule has 2 unspecified atom stereocenters. The average molecular weight is 257 g/mol. The first kappa shape index (κ1) is 11.9. The van der Waals surface area contributed by atoms with E-state index in [1.54, 1.807) is 6.20 Å². The Bertz CT molecular complexity index is 624. The van der Waals surface area contributed by atoms with Gasteiger partial charge in [-0.2, -0.15) is 10.2 Å². The third-order valence-electron chi connectivity index (χ3n) is 3.80. The van der Waals surface area contributed by atoms with Gasteiger partial charge in [0.1, 0.15) is 0 Å². The summed E-state index contributed by atoms with van der Waals surface area (Å²) in [5.41, 5.74) is 1.81. The predicted octanol–water partition coefficient (Wildman–Crippen LogP) is 1.79. The van der Waals surface area contributed by atoms with Gasteiger partial charge in [-0.05, 0) is 12.0 Å². The summed E-state index contributed by atoms with van der Waals surface area (Å²) in [6.07, 6.45) is 1.72. The highest BCUT2D eigenvalue weighted by atomic mass is 16.4. The van der Waals surface area contributed by atoms with E-state index in [9.17, 15) is 9.90 Å². The van der Waals surface area contributed by atoms with Crippen molar-refractivity contribution < 1.29 is 9.90 Å². The smallest absolute Gasteiger partial charge is 0.308 e. The van der Waals surface area contributed by atoms with Crippen LogP contribution in [0.5, 0.6) is 0 Å². The zero-order valence-electron chi connectivity index (χ0n) is 10.7. The Morgan fingerprint density at radius 1 is 1.37 bits per heavy atom. The Kier molecular flexibility index (Phi) is 2.81. The lowest BCUT2D eigenvalue weighted by molar-refractivity contribution is -0.142. The van der Waals surface area contributed by atoms with Gasteiger partial charge in [0.05, 0.1) is 23.3 Å². The Morgan fingerprint density at radius 2 is 2.16 bits per heavy atom. The molecule has 1 saturated heterocycles. The first-order valence-electron chi connectivity index (χ1n) is 6.35. The molecule has 1 fully saturated rings. The predicted molar refractivity (Wildman–Crippen MR) is 72.0 cm³/mol. The van der Waals surface area contributed by atoms with Crippen LogP contribution in [0.15, 0.2) is 30.5 Å². The average Bonchev–Trinajstić information content (AvgIpc) is 2.80. The fourth-order valence-electron chi connectivity index (χ4n) is 2.73. The molecule has 0 radical (unpaired) electrons. The molecule has 3 rings (SSSR count). The maximum absolute atomic E-state index is 11.2. The number of carbonyl (C=O) groups is 1. The molecule has 0 bridgehead atoms. The monoisotopic (exact) mass is 257 g/mol. The van der Waals surface area contributed by atoms with Crippen LogP contribution in [0, 0.1) is 11.8 Å². The van der Waals surface area contributed by atoms with Crippen molar-refractivity contribution in [1.82, 2.24) is 10.2 Å². The molecule has 0 amide bonds. The van der Waals surface area contributed by atoms with Crippen LogP contribution >= 0.6 is 0 Å². The lowest BCUT2D eigenvalue weighted by Gasteiger charge is -2.19. The van der Waals surface area contributed by atoms with Crippen LogP contribution < -0.4 is 4.90 Å². The molecule has 0 aliphatic carbocycles. The molecule has 19 heavy (non-hydrogen) atoms. The zero-order valence-corrected chi connectivity index (χ0v) is 10.7. The van der Waals surface area contributed by atoms with Crippen LogP contribution in [0.2, 0.25) is 0 Å². The zero-order chi connectivity index (χ0) is 13.4. The topological polar surface area (TPSA) is 66.3 Å². The summed E-state index contributed by atoms with van der Waals surface area (Å²) in [5.74, 6) is -0.891. The number of fused-ring (bicyclic) bond motifs is 1. The van der Waals surface area contributed by atoms with Crippen molar-refractivity contribution in [3.05, 3.63) is 30.5 Å². The molecule has 5 nitrogen and oxygen atoms in total. The second-order valence-electron chi connectivity index (χ2n) is 5.07. The fourth-order valence-corrected chi connectivity index (χ4v) is 2.73. The van der Waals surface area contributed by atoms with Crippen LogP contribution in [-0.4, -0.2) is 34.4 Å². The van der Waals surface area contributed by atoms with E-state index in [2.05, 4.69) is 15.1 Å². The van der Waals surface area contributed by atoms with Crippen LogP contribution in [-0.2, 0) is 4.79 Å². The van der Waals surface area contributed by atoms with Crippen LogP contribution in [0.25, 0.3) is 10.9 Å². The van der Waals surface area contributed by atoms with Crippen molar-refractivity contribution in [2.45, 2.75) is 6.92 Å². The van der Waals surface area contributed by atoms with Gasteiger partial charge in [0.15, 0.2) is 0 Å². The van der Waals surface area contributed by atoms with Gasteiger partial charge in [-0.1, -0.05) is 25.1 Å². The molecule has 2 atom stereocenters. The molecule has 5 heteroatoms. The van der Waals surface area contributed by atoms with Gasteiger partial charge < -0.3 is 10.0 Å². The van der Waals surface area contributed by atoms with Gasteiger partial charge in [-0.3, -0.25) is 4.79 Å². The summed E-state index contributed by atoms with van der Waals surface area (Å²) in [4.78, 5) is 13.3. The second kappa shape index (κ2) is 4.50. The molecule has 1 aromatic carbocycles. The van der Waals surface area contributed by atoms with E-state index in [1.165, 1.54) is 0 Å². The highest BCUT2D eigenvalue weighted by molar-refractivity contribution is 5.91. The number of rotatable bonds is 2. The van der Waals surface area contributed by atoms with Crippen LogP contribution in [0.4, 0.5) is 5.69 Å². The number of benzene rings is 1. The molecule has 1 N–H and O–H groups in total. The van der Waals surface area contributed by atoms with Crippen molar-refractivity contribution in [3.63, 3.8) is 0 Å². The van der Waals surface area contributed by atoms with Gasteiger partial charge in [-0.25, -0.2) is 0 Å². The van der Waals surface area contributed by atoms with E-state index in [0.717, 1.165) is 23.1 Å². The minimum Gasteiger partial charge on any atom is -0.481 e. The largest absolute Gasteiger partial charge is 0.481 e. The van der Waals surface area contributed by atoms with E-state index in [0.29, 0.717) is 6.54 Å². The number of hydrogen-bond donors (Lipinski definition) is 1. The quantitative estimate of drug-likeness (QED) is 0.888. The van der Waals surface area contributed by atoms with Gasteiger partial charge in [0.25, 0.3) is 0 Å². The van der Waals surface area contributed by atoms with Crippen LogP contribution in [0.3, 0.4) is 0 Å². The van der Waals surface area contributed by atoms with Crippen molar-refractivity contribution in [2.24, 2.45) is 11.8 Å². The number of carboxylic acids is 1. The highest BCUT2D eigenvalue weighted by Crippen LogP contribution is 2.31. The standard InChI is InChI=1S/C14H15N3O2/c1-9-7-17(8-11(9)14(18)19)13-6-15-16-12-5-3-2-4-10(12)13/h2-6,9,11H,7-8H2,1H3,(H,18,19). The number of hydrogen-bond acceptors (Lipinski definition) is 4. The Hall–Kier alpha value is -2.17. The maximum atomic E-state index is 11.2. The van der Waals surface area contributed by atoms with Crippen molar-refractivity contribution in [1.29, 1.82) is 0 Å². The number of aromatic nitrogens is 2. The molecule has 98 valence electrons. The number of nitrogens with zero attached hydrogens (tertiary/aromatic N) is 3. The molecule has 1 aliphatic heterocycles. The van der Waals surface area contributed by atoms with Crippen LogP contribution in [0.1, 0.15) is 6.92 Å². The number of aliphatic carboxylic acids is 1. The Morgan fingerprint density at radius 3 is 2.89 bits per heavy atom. The molecule has 0 spiro atoms. The molecule has 2 aromatic rings. The first-order valence-corrected chi connectivity index (χ1v) is 6.35. The molecular weight excluding hydrogens is 242 g/mol. The van der Waals surface area contributed by atoms with E-state index in [4.69, 9.17) is 0 Å². The Labute approximate surface area is 110 Å². The lowest BCUT2D eigenvalue weighted by Crippen LogP contribution is -2.23. The number of carboxylic acid groups (broad SMARTS) is 1. The molecule has 0 saturated carbocycles. The van der Waals surface area contributed by atoms with Crippen molar-refractivity contribution in [3.8, 4) is 0 Å². The van der Waals surface area contributed by atoms with E-state index in [-0.39, 0.29) is 11.8 Å². The van der Waals surface area contributed by atoms with Crippen molar-refractivity contribution >= 4 is 22.6 Å². The summed E-state index contributed by atoms with van der Waals surface area (Å²) in [5, 5.41) is 18.3. The third kappa shape index (κ3) is 2.01. The normalized spacial score (nSPS) is 22.9. The summed E-state index contributed by atoms with van der Waals surface area (Å²) in [7, 11) is 0. The Balaban J connectivity index is 2.00. The SMILES string of the molecule is CC1CN(c2cnnc3ccccc23)CC1C(=O)O. The van der Waals surface area contributed by atoms with Gasteiger partial charge in [0.2, 0.25) is 0 Å². The van der Waals surface area contributed by atoms with Gasteiger partial charge in [-0.15, -0.1) is 0 Å². The lowest BCUT2D eigenvalue weighted by atomic mass is 9.99. The highest BCUT2D eigenvalue weighted by Gasteiger charge is 2.35. The third-order valence-corrected chi connectivity index (χ3v) is 3.80. The van der Waals surface area contributed by atoms with Crippen molar-refractivity contribution in [2.75, 3.05) is 18.0 Å². The summed E-state index contributed by atoms with van der Waals surface area (Å²) in [6, 6.07) is 7.80. The summed E-state index contributed by atoms with van der Waals surface area (Å²) in [6.45, 7) is 3.26. The van der Waals surface area contributed by atoms with E-state index < -0.39 is 5.97 Å². The summed E-state index contributed by atoms with van der Waals surface area (Å²) < 4.78 is 0. The fraction of sp³-hybridized carbons (Fsp3) is 0.357. The molecule has 1 aliphatic rings. The molecular formula is C14H15N3O2. The van der Waals surface area contributed by atoms with E-state index >= 15 is 0 Å². The second-order valence-corrected chi connectivity index (χ2v) is 5.07. The minimum absolute atomic E-state index is 0.143. The van der Waals surface area contributed by atoms with Gasteiger partial charge >= 0.3 is 5.97 Å². The number of anilines is 1. The van der Waals surface area contributed by atoms with Gasteiger partial charge in [0, 0.05) is 18.5 Å². The molecule has 2 heterocycles. The maximum Gasteiger partial charge on any atom is 0.308 e.